The predicted octanol–water partition coefficient (Wildman–Crippen LogP) is 1.81. The summed E-state index contributed by atoms with van der Waals surface area (Å²) in [5.41, 5.74) is 7.63. The number of hydrogen-bond donors (Lipinski definition) is 2. The van der Waals surface area contributed by atoms with Crippen molar-refractivity contribution in [1.29, 1.82) is 0 Å². The molecule has 0 saturated carbocycles. The molecule has 4 heteroatoms. The molecule has 1 rings (SSSR count). The van der Waals surface area contributed by atoms with Gasteiger partial charge < -0.3 is 20.3 Å². The van der Waals surface area contributed by atoms with E-state index in [0.717, 1.165) is 11.1 Å². The summed E-state index contributed by atoms with van der Waals surface area (Å²) in [6, 6.07) is 3.31. The molecule has 0 unspecified atom stereocenters. The summed E-state index contributed by atoms with van der Waals surface area (Å²) in [4.78, 5) is 0. The van der Waals surface area contributed by atoms with Crippen LogP contribution in [0.4, 0.5) is 0 Å². The Balaban J connectivity index is 3.27. The van der Waals surface area contributed by atoms with E-state index in [-0.39, 0.29) is 6.61 Å². The van der Waals surface area contributed by atoms with Crippen LogP contribution in [0.5, 0.6) is 11.5 Å². The number of nitrogens with two attached hydrogens (primary N) is 1. The molecule has 0 saturated heterocycles. The van der Waals surface area contributed by atoms with Gasteiger partial charge in [0.15, 0.2) is 11.5 Å². The van der Waals surface area contributed by atoms with Crippen LogP contribution in [0.1, 0.15) is 24.1 Å². The topological polar surface area (TPSA) is 64.7 Å². The highest BCUT2D eigenvalue weighted by atomic mass is 16.5. The van der Waals surface area contributed by atoms with E-state index in [1.165, 1.54) is 0 Å². The van der Waals surface area contributed by atoms with E-state index in [9.17, 15) is 0 Å². The summed E-state index contributed by atoms with van der Waals surface area (Å²) in [6.07, 6.45) is 2.46. The van der Waals surface area contributed by atoms with Crippen molar-refractivity contribution in [3.8, 4) is 11.5 Å². The Morgan fingerprint density at radius 2 is 2.22 bits per heavy atom. The Kier molecular flexibility index (Phi) is 5.68. The summed E-state index contributed by atoms with van der Waals surface area (Å²) in [5, 5.41) is 9.13. The number of aliphatic hydroxyl groups excluding tert-OH is 1. The molecular weight excluding hydrogens is 230 g/mol. The largest absolute Gasteiger partial charge is 0.493 e. The van der Waals surface area contributed by atoms with Gasteiger partial charge >= 0.3 is 0 Å². The number of rotatable bonds is 7. The maximum absolute atomic E-state index is 9.13. The van der Waals surface area contributed by atoms with Gasteiger partial charge in [0, 0.05) is 5.56 Å². The van der Waals surface area contributed by atoms with Crippen molar-refractivity contribution in [1.82, 2.24) is 0 Å². The van der Waals surface area contributed by atoms with Gasteiger partial charge in [-0.05, 0) is 31.0 Å². The zero-order valence-electron chi connectivity index (χ0n) is 11.0. The molecular formula is C14H21NO3. The van der Waals surface area contributed by atoms with Gasteiger partial charge in [0.05, 0.1) is 26.4 Å². The minimum atomic E-state index is -0.418. The fourth-order valence-electron chi connectivity index (χ4n) is 1.77. The number of ether oxygens (including phenoxy) is 2. The van der Waals surface area contributed by atoms with Gasteiger partial charge in [0.2, 0.25) is 0 Å². The van der Waals surface area contributed by atoms with Crippen molar-refractivity contribution >= 4 is 0 Å². The molecule has 0 aromatic heterocycles. The second-order valence-corrected chi connectivity index (χ2v) is 3.93. The molecule has 0 amide bonds. The second-order valence-electron chi connectivity index (χ2n) is 3.93. The van der Waals surface area contributed by atoms with Gasteiger partial charge in [0.1, 0.15) is 0 Å². The fraction of sp³-hybridized carbons (Fsp3) is 0.429. The summed E-state index contributed by atoms with van der Waals surface area (Å²) in [5.74, 6) is 1.35. The van der Waals surface area contributed by atoms with Gasteiger partial charge in [-0.1, -0.05) is 6.08 Å². The third-order valence-corrected chi connectivity index (χ3v) is 2.65. The van der Waals surface area contributed by atoms with E-state index < -0.39 is 6.04 Å². The Bertz CT molecular complexity index is 404. The first-order chi connectivity index (χ1) is 8.67. The normalized spacial score (nSPS) is 12.0. The fourth-order valence-corrected chi connectivity index (χ4v) is 1.77. The first-order valence-corrected chi connectivity index (χ1v) is 5.98. The second kappa shape index (κ2) is 7.03. The number of aliphatic hydroxyl groups is 1. The molecule has 1 aromatic rings. The van der Waals surface area contributed by atoms with Crippen LogP contribution in [0.25, 0.3) is 0 Å². The van der Waals surface area contributed by atoms with E-state index in [2.05, 4.69) is 6.58 Å². The van der Waals surface area contributed by atoms with Gasteiger partial charge in [-0.2, -0.15) is 0 Å². The zero-order valence-corrected chi connectivity index (χ0v) is 11.0. The van der Waals surface area contributed by atoms with Crippen LogP contribution in [-0.4, -0.2) is 25.4 Å². The molecule has 0 aliphatic heterocycles. The summed E-state index contributed by atoms with van der Waals surface area (Å²) in [7, 11) is 1.59. The predicted molar refractivity (Wildman–Crippen MR) is 72.1 cm³/mol. The summed E-state index contributed by atoms with van der Waals surface area (Å²) >= 11 is 0. The maximum atomic E-state index is 9.13. The monoisotopic (exact) mass is 251 g/mol. The smallest absolute Gasteiger partial charge is 0.164 e. The van der Waals surface area contributed by atoms with E-state index in [0.29, 0.717) is 24.5 Å². The van der Waals surface area contributed by atoms with Crippen molar-refractivity contribution in [2.75, 3.05) is 20.3 Å². The number of hydrogen-bond acceptors (Lipinski definition) is 4. The zero-order chi connectivity index (χ0) is 13.5. The Morgan fingerprint density at radius 1 is 1.50 bits per heavy atom. The van der Waals surface area contributed by atoms with Crippen molar-refractivity contribution < 1.29 is 14.6 Å². The highest BCUT2D eigenvalue weighted by Crippen LogP contribution is 2.34. The van der Waals surface area contributed by atoms with Crippen LogP contribution in [0.3, 0.4) is 0 Å². The molecule has 1 aromatic carbocycles. The molecule has 0 bridgehead atoms. The van der Waals surface area contributed by atoms with E-state index in [1.807, 2.05) is 13.0 Å². The van der Waals surface area contributed by atoms with Crippen molar-refractivity contribution in [2.45, 2.75) is 19.4 Å². The molecule has 0 aliphatic carbocycles. The van der Waals surface area contributed by atoms with Crippen LogP contribution in [0.2, 0.25) is 0 Å². The molecule has 0 heterocycles. The Labute approximate surface area is 108 Å². The molecule has 0 spiro atoms. The van der Waals surface area contributed by atoms with E-state index in [4.69, 9.17) is 20.3 Å². The average Bonchev–Trinajstić information content (AvgIpc) is 2.39. The number of benzene rings is 1. The molecule has 0 aliphatic rings. The van der Waals surface area contributed by atoms with E-state index >= 15 is 0 Å². The highest BCUT2D eigenvalue weighted by Gasteiger charge is 2.15. The third-order valence-electron chi connectivity index (χ3n) is 2.65. The average molecular weight is 251 g/mol. The van der Waals surface area contributed by atoms with E-state index in [1.54, 1.807) is 19.3 Å². The number of methoxy groups -OCH3 is 1. The van der Waals surface area contributed by atoms with Crippen LogP contribution < -0.4 is 15.2 Å². The van der Waals surface area contributed by atoms with Crippen LogP contribution in [-0.2, 0) is 6.42 Å². The maximum Gasteiger partial charge on any atom is 0.164 e. The lowest BCUT2D eigenvalue weighted by Gasteiger charge is -2.17. The molecule has 0 radical (unpaired) electrons. The summed E-state index contributed by atoms with van der Waals surface area (Å²) in [6.45, 7) is 6.11. The van der Waals surface area contributed by atoms with Crippen molar-refractivity contribution in [3.05, 3.63) is 35.9 Å². The minimum Gasteiger partial charge on any atom is -0.493 e. The van der Waals surface area contributed by atoms with Crippen LogP contribution in [0, 0.1) is 0 Å². The molecule has 3 N–H and O–H groups in total. The molecule has 0 fully saturated rings. The Hall–Kier alpha value is -1.52. The molecule has 1 atom stereocenters. The standard InChI is InChI=1S/C14H21NO3/c1-4-6-10-7-11(12(15)9-16)8-13(17-3)14(10)18-5-2/h4,7-8,12,16H,1,5-6,9,15H2,2-3H3/t12-/m1/s1. The van der Waals surface area contributed by atoms with Gasteiger partial charge in [-0.15, -0.1) is 6.58 Å². The molecule has 100 valence electrons. The quantitative estimate of drug-likeness (QED) is 0.725. The lowest BCUT2D eigenvalue weighted by Crippen LogP contribution is -2.15. The Morgan fingerprint density at radius 3 is 2.72 bits per heavy atom. The first-order valence-electron chi connectivity index (χ1n) is 5.98. The SMILES string of the molecule is C=CCc1cc([C@H](N)CO)cc(OC)c1OCC. The molecule has 18 heavy (non-hydrogen) atoms. The first kappa shape index (κ1) is 14.5. The van der Waals surface area contributed by atoms with Gasteiger partial charge in [-0.3, -0.25) is 0 Å². The van der Waals surface area contributed by atoms with Crippen molar-refractivity contribution in [2.24, 2.45) is 5.73 Å². The lowest BCUT2D eigenvalue weighted by atomic mass is 10.0. The van der Waals surface area contributed by atoms with Gasteiger partial charge in [0.25, 0.3) is 0 Å². The molecule has 4 nitrogen and oxygen atoms in total. The van der Waals surface area contributed by atoms with Crippen molar-refractivity contribution in [3.63, 3.8) is 0 Å². The summed E-state index contributed by atoms with van der Waals surface area (Å²) < 4.78 is 10.9. The minimum absolute atomic E-state index is 0.106. The van der Waals surface area contributed by atoms with Crippen LogP contribution >= 0.6 is 0 Å². The van der Waals surface area contributed by atoms with Crippen LogP contribution in [0.15, 0.2) is 24.8 Å². The van der Waals surface area contributed by atoms with Gasteiger partial charge in [-0.25, -0.2) is 0 Å². The third kappa shape index (κ3) is 3.24. The number of allylic oxidation sites excluding steroid dienone is 1. The highest BCUT2D eigenvalue weighted by molar-refractivity contribution is 5.51. The lowest BCUT2D eigenvalue weighted by molar-refractivity contribution is 0.267.